The Morgan fingerprint density at radius 1 is 1.20 bits per heavy atom. The molecule has 2 fully saturated rings. The Bertz CT molecular complexity index is 544. The molecule has 0 radical (unpaired) electrons. The molecular weight excluding hydrogens is 316 g/mol. The van der Waals surface area contributed by atoms with Crippen LogP contribution >= 0.6 is 0 Å². The van der Waals surface area contributed by atoms with Crippen LogP contribution in [0.1, 0.15) is 56.7 Å². The lowest BCUT2D eigenvalue weighted by Crippen LogP contribution is -2.49. The lowest BCUT2D eigenvalue weighted by molar-refractivity contribution is 0.160. The van der Waals surface area contributed by atoms with E-state index in [4.69, 9.17) is 4.52 Å². The Labute approximate surface area is 150 Å². The van der Waals surface area contributed by atoms with Gasteiger partial charge in [-0.3, -0.25) is 4.99 Å². The summed E-state index contributed by atoms with van der Waals surface area (Å²) >= 11 is 0. The van der Waals surface area contributed by atoms with Crippen molar-refractivity contribution < 1.29 is 4.52 Å². The predicted molar refractivity (Wildman–Crippen MR) is 98.4 cm³/mol. The number of hydrogen-bond donors (Lipinski definition) is 2. The first kappa shape index (κ1) is 18.2. The number of aryl methyl sites for hydroxylation is 1. The number of aromatic nitrogens is 2. The SMILES string of the molecule is CN=C(NCc1noc(C)n1)NC1CCN(CC2CCCCC2)CC1. The van der Waals surface area contributed by atoms with Gasteiger partial charge in [0.2, 0.25) is 5.89 Å². The molecule has 2 aliphatic rings. The lowest BCUT2D eigenvalue weighted by Gasteiger charge is -2.36. The Balaban J connectivity index is 1.36. The van der Waals surface area contributed by atoms with E-state index in [9.17, 15) is 0 Å². The molecule has 1 aliphatic carbocycles. The molecule has 3 rings (SSSR count). The van der Waals surface area contributed by atoms with Gasteiger partial charge in [-0.1, -0.05) is 24.4 Å². The zero-order valence-corrected chi connectivity index (χ0v) is 15.6. The summed E-state index contributed by atoms with van der Waals surface area (Å²) in [6.07, 6.45) is 9.53. The number of guanidine groups is 1. The van der Waals surface area contributed by atoms with E-state index < -0.39 is 0 Å². The molecule has 1 saturated carbocycles. The van der Waals surface area contributed by atoms with Gasteiger partial charge in [0, 0.05) is 39.6 Å². The zero-order chi connectivity index (χ0) is 17.5. The highest BCUT2D eigenvalue weighted by Crippen LogP contribution is 2.25. The van der Waals surface area contributed by atoms with E-state index in [0.717, 1.165) is 11.9 Å². The third-order valence-electron chi connectivity index (χ3n) is 5.38. The predicted octanol–water partition coefficient (Wildman–Crippen LogP) is 2.09. The summed E-state index contributed by atoms with van der Waals surface area (Å²) < 4.78 is 4.99. The number of piperidine rings is 1. The summed E-state index contributed by atoms with van der Waals surface area (Å²) in [5.74, 6) is 2.99. The van der Waals surface area contributed by atoms with Gasteiger partial charge in [-0.05, 0) is 31.6 Å². The average molecular weight is 348 g/mol. The molecule has 2 N–H and O–H groups in total. The first-order valence-electron chi connectivity index (χ1n) is 9.71. The maximum Gasteiger partial charge on any atom is 0.223 e. The fraction of sp³-hybridized carbons (Fsp3) is 0.833. The number of likely N-dealkylation sites (tertiary alicyclic amines) is 1. The first-order valence-corrected chi connectivity index (χ1v) is 9.71. The highest BCUT2D eigenvalue weighted by atomic mass is 16.5. The van der Waals surface area contributed by atoms with Crippen LogP contribution in [0.25, 0.3) is 0 Å². The van der Waals surface area contributed by atoms with Gasteiger partial charge >= 0.3 is 0 Å². The van der Waals surface area contributed by atoms with Crippen molar-refractivity contribution in [3.63, 3.8) is 0 Å². The van der Waals surface area contributed by atoms with Gasteiger partial charge in [0.05, 0.1) is 6.54 Å². The second kappa shape index (κ2) is 9.17. The smallest absolute Gasteiger partial charge is 0.223 e. The van der Waals surface area contributed by atoms with Crippen LogP contribution < -0.4 is 10.6 Å². The molecule has 140 valence electrons. The summed E-state index contributed by atoms with van der Waals surface area (Å²) in [6.45, 7) is 6.00. The zero-order valence-electron chi connectivity index (χ0n) is 15.6. The molecule has 1 aliphatic heterocycles. The van der Waals surface area contributed by atoms with Gasteiger partial charge < -0.3 is 20.1 Å². The summed E-state index contributed by atoms with van der Waals surface area (Å²) in [7, 11) is 1.80. The van der Waals surface area contributed by atoms with Gasteiger partial charge in [0.1, 0.15) is 0 Å². The van der Waals surface area contributed by atoms with Crippen LogP contribution in [0.5, 0.6) is 0 Å². The lowest BCUT2D eigenvalue weighted by atomic mass is 9.88. The second-order valence-electron chi connectivity index (χ2n) is 7.38. The monoisotopic (exact) mass is 348 g/mol. The molecule has 7 nitrogen and oxygen atoms in total. The molecule has 7 heteroatoms. The molecule has 25 heavy (non-hydrogen) atoms. The second-order valence-corrected chi connectivity index (χ2v) is 7.38. The van der Waals surface area contributed by atoms with E-state index in [-0.39, 0.29) is 0 Å². The first-order chi connectivity index (χ1) is 12.2. The third kappa shape index (κ3) is 5.70. The average Bonchev–Trinajstić information content (AvgIpc) is 3.06. The van der Waals surface area contributed by atoms with E-state index in [1.54, 1.807) is 14.0 Å². The van der Waals surface area contributed by atoms with E-state index in [2.05, 4.69) is 30.7 Å². The van der Waals surface area contributed by atoms with Crippen LogP contribution in [0.15, 0.2) is 9.52 Å². The minimum Gasteiger partial charge on any atom is -0.354 e. The van der Waals surface area contributed by atoms with Crippen molar-refractivity contribution in [2.75, 3.05) is 26.7 Å². The van der Waals surface area contributed by atoms with Crippen molar-refractivity contribution in [1.82, 2.24) is 25.7 Å². The molecule has 2 heterocycles. The Morgan fingerprint density at radius 2 is 1.96 bits per heavy atom. The standard InChI is InChI=1S/C18H32N6O/c1-14-21-17(23-25-14)12-20-18(19-2)22-16-8-10-24(11-9-16)13-15-6-4-3-5-7-15/h15-16H,3-13H2,1-2H3,(H2,19,20,22). The fourth-order valence-corrected chi connectivity index (χ4v) is 3.96. The molecule has 0 atom stereocenters. The molecule has 1 aromatic heterocycles. The van der Waals surface area contributed by atoms with Gasteiger partial charge in [0.15, 0.2) is 11.8 Å². The van der Waals surface area contributed by atoms with Gasteiger partial charge in [-0.25, -0.2) is 0 Å². The van der Waals surface area contributed by atoms with Crippen molar-refractivity contribution >= 4 is 5.96 Å². The van der Waals surface area contributed by atoms with E-state index >= 15 is 0 Å². The summed E-state index contributed by atoms with van der Waals surface area (Å²) in [6, 6.07) is 0.487. The fourth-order valence-electron chi connectivity index (χ4n) is 3.96. The normalized spacial score (nSPS) is 21.4. The minimum absolute atomic E-state index is 0.487. The van der Waals surface area contributed by atoms with Gasteiger partial charge in [-0.15, -0.1) is 0 Å². The number of nitrogens with zero attached hydrogens (tertiary/aromatic N) is 4. The summed E-state index contributed by atoms with van der Waals surface area (Å²) in [5, 5.41) is 10.7. The van der Waals surface area contributed by atoms with E-state index in [0.29, 0.717) is 24.3 Å². The van der Waals surface area contributed by atoms with E-state index in [1.165, 1.54) is 64.6 Å². The number of aliphatic imine (C=N–C) groups is 1. The third-order valence-corrected chi connectivity index (χ3v) is 5.38. The summed E-state index contributed by atoms with van der Waals surface area (Å²) in [4.78, 5) is 11.2. The van der Waals surface area contributed by atoms with Crippen LogP contribution in [0, 0.1) is 12.8 Å². The number of hydrogen-bond acceptors (Lipinski definition) is 5. The maximum atomic E-state index is 4.99. The van der Waals surface area contributed by atoms with Gasteiger partial charge in [0.25, 0.3) is 0 Å². The van der Waals surface area contributed by atoms with Crippen molar-refractivity contribution in [2.45, 2.75) is 64.5 Å². The van der Waals surface area contributed by atoms with Crippen molar-refractivity contribution in [2.24, 2.45) is 10.9 Å². The molecule has 0 bridgehead atoms. The van der Waals surface area contributed by atoms with Crippen LogP contribution in [0.2, 0.25) is 0 Å². The Morgan fingerprint density at radius 3 is 2.60 bits per heavy atom. The van der Waals surface area contributed by atoms with Crippen molar-refractivity contribution in [1.29, 1.82) is 0 Å². The van der Waals surface area contributed by atoms with E-state index in [1.807, 2.05) is 0 Å². The quantitative estimate of drug-likeness (QED) is 0.627. The number of nitrogens with one attached hydrogen (secondary N) is 2. The Kier molecular flexibility index (Phi) is 6.67. The van der Waals surface area contributed by atoms with Crippen molar-refractivity contribution in [3.05, 3.63) is 11.7 Å². The molecule has 0 amide bonds. The maximum absolute atomic E-state index is 4.99. The van der Waals surface area contributed by atoms with Crippen LogP contribution in [0.4, 0.5) is 0 Å². The molecule has 1 aromatic rings. The van der Waals surface area contributed by atoms with Gasteiger partial charge in [-0.2, -0.15) is 4.98 Å². The van der Waals surface area contributed by atoms with Crippen LogP contribution in [-0.4, -0.2) is 53.7 Å². The molecule has 0 unspecified atom stereocenters. The number of rotatable bonds is 5. The van der Waals surface area contributed by atoms with Crippen LogP contribution in [-0.2, 0) is 6.54 Å². The molecule has 0 aromatic carbocycles. The Hall–Kier alpha value is -1.63. The highest BCUT2D eigenvalue weighted by molar-refractivity contribution is 5.79. The summed E-state index contributed by atoms with van der Waals surface area (Å²) in [5.41, 5.74) is 0. The minimum atomic E-state index is 0.487. The largest absolute Gasteiger partial charge is 0.354 e. The van der Waals surface area contributed by atoms with Crippen LogP contribution in [0.3, 0.4) is 0 Å². The highest BCUT2D eigenvalue weighted by Gasteiger charge is 2.23. The molecule has 1 saturated heterocycles. The molecule has 0 spiro atoms. The van der Waals surface area contributed by atoms with Crippen molar-refractivity contribution in [3.8, 4) is 0 Å². The molecular formula is C18H32N6O. The topological polar surface area (TPSA) is 78.6 Å².